The first-order valence-electron chi connectivity index (χ1n) is 8.17. The Morgan fingerprint density at radius 3 is 2.17 bits per heavy atom. The molecule has 2 heterocycles. The molecule has 0 aromatic rings. The van der Waals surface area contributed by atoms with Gasteiger partial charge in [-0.1, -0.05) is 19.8 Å². The summed E-state index contributed by atoms with van der Waals surface area (Å²) in [5, 5.41) is 3.76. The minimum absolute atomic E-state index is 0.836. The van der Waals surface area contributed by atoms with Gasteiger partial charge < -0.3 is 10.2 Å². The highest BCUT2D eigenvalue weighted by molar-refractivity contribution is 4.95. The number of fused-ring (bicyclic) bond motifs is 2. The molecule has 2 aliphatic heterocycles. The Hall–Kier alpha value is -0.0800. The Morgan fingerprint density at radius 1 is 0.944 bits per heavy atom. The summed E-state index contributed by atoms with van der Waals surface area (Å²) in [5.41, 5.74) is 0. The maximum Gasteiger partial charge on any atom is 0.0122 e. The van der Waals surface area contributed by atoms with Gasteiger partial charge in [0, 0.05) is 24.7 Å². The zero-order valence-electron chi connectivity index (χ0n) is 12.2. The summed E-state index contributed by atoms with van der Waals surface area (Å²) in [7, 11) is 2.38. The second-order valence-corrected chi connectivity index (χ2v) is 7.33. The summed E-state index contributed by atoms with van der Waals surface area (Å²) in [6, 6.07) is 2.54. The first kappa shape index (κ1) is 12.9. The van der Waals surface area contributed by atoms with Gasteiger partial charge in [-0.15, -0.1) is 0 Å². The summed E-state index contributed by atoms with van der Waals surface area (Å²) < 4.78 is 0. The quantitative estimate of drug-likeness (QED) is 0.828. The Labute approximate surface area is 113 Å². The molecule has 2 saturated heterocycles. The van der Waals surface area contributed by atoms with Crippen LogP contribution < -0.4 is 5.32 Å². The van der Waals surface area contributed by atoms with Crippen molar-refractivity contribution < 1.29 is 0 Å². The molecule has 2 bridgehead atoms. The lowest BCUT2D eigenvalue weighted by molar-refractivity contribution is 0.131. The second kappa shape index (κ2) is 5.50. The molecular weight excluding hydrogens is 220 g/mol. The molecule has 18 heavy (non-hydrogen) atoms. The number of nitrogens with zero attached hydrogens (tertiary/aromatic N) is 1. The molecule has 1 saturated carbocycles. The zero-order valence-corrected chi connectivity index (χ0v) is 12.2. The van der Waals surface area contributed by atoms with E-state index in [9.17, 15) is 0 Å². The van der Waals surface area contributed by atoms with Crippen molar-refractivity contribution in [3.63, 3.8) is 0 Å². The van der Waals surface area contributed by atoms with Crippen LogP contribution in [0.4, 0.5) is 0 Å². The van der Waals surface area contributed by atoms with E-state index in [1.54, 1.807) is 0 Å². The molecular formula is C16H30N2. The van der Waals surface area contributed by atoms with Gasteiger partial charge in [-0.05, 0) is 57.4 Å². The number of hydrogen-bond acceptors (Lipinski definition) is 2. The van der Waals surface area contributed by atoms with Crippen LogP contribution in [-0.4, -0.2) is 36.6 Å². The van der Waals surface area contributed by atoms with Gasteiger partial charge in [0.15, 0.2) is 0 Å². The van der Waals surface area contributed by atoms with Crippen LogP contribution >= 0.6 is 0 Å². The first-order chi connectivity index (χ1) is 8.70. The lowest BCUT2D eigenvalue weighted by atomic mass is 9.82. The fourth-order valence-electron chi connectivity index (χ4n) is 4.46. The van der Waals surface area contributed by atoms with E-state index in [4.69, 9.17) is 0 Å². The number of hydrogen-bond donors (Lipinski definition) is 1. The molecule has 2 nitrogen and oxygen atoms in total. The van der Waals surface area contributed by atoms with Crippen molar-refractivity contribution in [3.8, 4) is 0 Å². The fourth-order valence-corrected chi connectivity index (χ4v) is 4.46. The molecule has 0 aromatic heterocycles. The Bertz CT molecular complexity index is 258. The van der Waals surface area contributed by atoms with Crippen LogP contribution in [0.25, 0.3) is 0 Å². The van der Waals surface area contributed by atoms with Gasteiger partial charge in [0.05, 0.1) is 0 Å². The fraction of sp³-hybridized carbons (Fsp3) is 1.00. The first-order valence-corrected chi connectivity index (χ1v) is 8.17. The van der Waals surface area contributed by atoms with E-state index < -0.39 is 0 Å². The van der Waals surface area contributed by atoms with Crippen molar-refractivity contribution >= 4 is 0 Å². The number of rotatable bonds is 3. The Kier molecular flexibility index (Phi) is 3.95. The molecule has 3 fully saturated rings. The van der Waals surface area contributed by atoms with Crippen molar-refractivity contribution in [2.45, 2.75) is 76.4 Å². The maximum atomic E-state index is 3.76. The van der Waals surface area contributed by atoms with Gasteiger partial charge in [0.25, 0.3) is 0 Å². The summed E-state index contributed by atoms with van der Waals surface area (Å²) >= 11 is 0. The van der Waals surface area contributed by atoms with Crippen LogP contribution in [-0.2, 0) is 0 Å². The third-order valence-corrected chi connectivity index (χ3v) is 5.75. The molecule has 2 heteroatoms. The van der Waals surface area contributed by atoms with Crippen LogP contribution in [0.2, 0.25) is 0 Å². The predicted octanol–water partition coefficient (Wildman–Crippen LogP) is 3.03. The van der Waals surface area contributed by atoms with Crippen molar-refractivity contribution in [2.24, 2.45) is 11.8 Å². The van der Waals surface area contributed by atoms with E-state index in [0.29, 0.717) is 0 Å². The van der Waals surface area contributed by atoms with Gasteiger partial charge in [-0.3, -0.25) is 0 Å². The largest absolute Gasteiger partial charge is 0.311 e. The van der Waals surface area contributed by atoms with E-state index in [0.717, 1.165) is 30.0 Å². The molecule has 0 aromatic carbocycles. The van der Waals surface area contributed by atoms with Gasteiger partial charge in [-0.25, -0.2) is 0 Å². The molecule has 1 aliphatic carbocycles. The van der Waals surface area contributed by atoms with Gasteiger partial charge in [-0.2, -0.15) is 0 Å². The standard InChI is InChI=1S/C16H30N2/c1-12-3-5-13(6-4-12)11-18(2)16-9-14-7-8-15(10-16)17-14/h12-17H,3-11H2,1-2H3. The normalized spacial score (nSPS) is 44.5. The van der Waals surface area contributed by atoms with Crippen LogP contribution in [0, 0.1) is 11.8 Å². The summed E-state index contributed by atoms with van der Waals surface area (Å²) in [4.78, 5) is 2.70. The summed E-state index contributed by atoms with van der Waals surface area (Å²) in [6.07, 6.45) is 11.5. The Balaban J connectivity index is 1.47. The van der Waals surface area contributed by atoms with Crippen molar-refractivity contribution in [3.05, 3.63) is 0 Å². The molecule has 2 atom stereocenters. The van der Waals surface area contributed by atoms with Crippen LogP contribution in [0.3, 0.4) is 0 Å². The molecule has 3 rings (SSSR count). The summed E-state index contributed by atoms with van der Waals surface area (Å²) in [6.45, 7) is 3.78. The summed E-state index contributed by atoms with van der Waals surface area (Å²) in [5.74, 6) is 1.97. The zero-order chi connectivity index (χ0) is 12.5. The Morgan fingerprint density at radius 2 is 1.56 bits per heavy atom. The predicted molar refractivity (Wildman–Crippen MR) is 76.7 cm³/mol. The average molecular weight is 250 g/mol. The van der Waals surface area contributed by atoms with Crippen LogP contribution in [0.15, 0.2) is 0 Å². The van der Waals surface area contributed by atoms with Gasteiger partial charge >= 0.3 is 0 Å². The van der Waals surface area contributed by atoms with Crippen molar-refractivity contribution in [1.82, 2.24) is 10.2 Å². The highest BCUT2D eigenvalue weighted by Crippen LogP contribution is 2.32. The van der Waals surface area contributed by atoms with Crippen LogP contribution in [0.1, 0.15) is 58.3 Å². The molecule has 0 amide bonds. The van der Waals surface area contributed by atoms with Crippen molar-refractivity contribution in [2.75, 3.05) is 13.6 Å². The van der Waals surface area contributed by atoms with Gasteiger partial charge in [0.1, 0.15) is 0 Å². The number of piperidine rings is 1. The SMILES string of the molecule is CC1CCC(CN(C)C2CC3CCC(C2)N3)CC1. The van der Waals surface area contributed by atoms with Crippen LogP contribution in [0.5, 0.6) is 0 Å². The molecule has 0 spiro atoms. The van der Waals surface area contributed by atoms with E-state index >= 15 is 0 Å². The molecule has 1 N–H and O–H groups in total. The molecule has 2 unspecified atom stereocenters. The highest BCUT2D eigenvalue weighted by Gasteiger charge is 2.35. The maximum absolute atomic E-state index is 3.76. The van der Waals surface area contributed by atoms with E-state index in [1.807, 2.05) is 0 Å². The third-order valence-electron chi connectivity index (χ3n) is 5.75. The monoisotopic (exact) mass is 250 g/mol. The minimum atomic E-state index is 0.836. The lowest BCUT2D eigenvalue weighted by Gasteiger charge is -2.38. The van der Waals surface area contributed by atoms with Crippen molar-refractivity contribution in [1.29, 1.82) is 0 Å². The van der Waals surface area contributed by atoms with E-state index in [1.165, 1.54) is 57.9 Å². The minimum Gasteiger partial charge on any atom is -0.311 e. The topological polar surface area (TPSA) is 15.3 Å². The third kappa shape index (κ3) is 2.91. The number of nitrogens with one attached hydrogen (secondary N) is 1. The smallest absolute Gasteiger partial charge is 0.0122 e. The molecule has 0 radical (unpaired) electrons. The molecule has 104 valence electrons. The highest BCUT2D eigenvalue weighted by atomic mass is 15.2. The second-order valence-electron chi connectivity index (χ2n) is 7.33. The average Bonchev–Trinajstić information content (AvgIpc) is 2.71. The lowest BCUT2D eigenvalue weighted by Crippen LogP contribution is -2.48. The van der Waals surface area contributed by atoms with E-state index in [-0.39, 0.29) is 0 Å². The molecule has 3 aliphatic rings. The van der Waals surface area contributed by atoms with E-state index in [2.05, 4.69) is 24.2 Å². The van der Waals surface area contributed by atoms with Gasteiger partial charge in [0.2, 0.25) is 0 Å².